The third kappa shape index (κ3) is 3.19. The predicted octanol–water partition coefficient (Wildman–Crippen LogP) is 0.571. The first-order valence-electron chi connectivity index (χ1n) is 6.43. The number of anilines is 1. The van der Waals surface area contributed by atoms with Crippen molar-refractivity contribution in [1.29, 1.82) is 0 Å². The smallest absolute Gasteiger partial charge is 0.325 e. The fourth-order valence-corrected chi connectivity index (χ4v) is 3.25. The van der Waals surface area contributed by atoms with Crippen molar-refractivity contribution in [2.24, 2.45) is 0 Å². The molecule has 0 unspecified atom stereocenters. The van der Waals surface area contributed by atoms with Crippen LogP contribution in [0.5, 0.6) is 5.75 Å². The summed E-state index contributed by atoms with van der Waals surface area (Å²) in [6.45, 7) is 3.46. The average Bonchev–Trinajstić information content (AvgIpc) is 2.39. The lowest BCUT2D eigenvalue weighted by atomic mass is 10.3. The highest BCUT2D eigenvalue weighted by molar-refractivity contribution is 7.92. The van der Waals surface area contributed by atoms with E-state index in [2.05, 4.69) is 9.71 Å². The standard InChI is InChI=1S/C13H15N3O5S/c1-3-21-10-7-5-4-6-9(10)16-22(19,20)11-8(2)14-13(18)15-12(11)17/h4-7,16H,3H2,1-2H3,(H2,14,15,17,18). The number of H-pyrrole nitrogens is 2. The summed E-state index contributed by atoms with van der Waals surface area (Å²) < 4.78 is 32.4. The first kappa shape index (κ1) is 15.8. The molecule has 1 aromatic heterocycles. The van der Waals surface area contributed by atoms with Crippen LogP contribution in [-0.2, 0) is 10.0 Å². The van der Waals surface area contributed by atoms with Gasteiger partial charge < -0.3 is 9.72 Å². The summed E-state index contributed by atoms with van der Waals surface area (Å²) in [5, 5.41) is 0. The van der Waals surface area contributed by atoms with Gasteiger partial charge in [-0.15, -0.1) is 0 Å². The maximum Gasteiger partial charge on any atom is 0.325 e. The monoisotopic (exact) mass is 325 g/mol. The summed E-state index contributed by atoms with van der Waals surface area (Å²) in [7, 11) is -4.18. The average molecular weight is 325 g/mol. The molecule has 1 aromatic carbocycles. The summed E-state index contributed by atoms with van der Waals surface area (Å²) in [5.74, 6) is 0.340. The number of ether oxygens (including phenoxy) is 1. The topological polar surface area (TPSA) is 121 Å². The second-order valence-electron chi connectivity index (χ2n) is 4.40. The van der Waals surface area contributed by atoms with E-state index in [1.165, 1.54) is 13.0 Å². The molecule has 0 bridgehead atoms. The van der Waals surface area contributed by atoms with E-state index in [4.69, 9.17) is 4.74 Å². The third-order valence-electron chi connectivity index (χ3n) is 2.77. The van der Waals surface area contributed by atoms with E-state index in [9.17, 15) is 18.0 Å². The lowest BCUT2D eigenvalue weighted by Crippen LogP contribution is -2.31. The summed E-state index contributed by atoms with van der Waals surface area (Å²) in [5.41, 5.74) is -1.59. The number of benzene rings is 1. The van der Waals surface area contributed by atoms with Gasteiger partial charge in [0.15, 0.2) is 4.90 Å². The van der Waals surface area contributed by atoms with E-state index in [0.717, 1.165) is 0 Å². The van der Waals surface area contributed by atoms with Crippen LogP contribution in [0.15, 0.2) is 38.8 Å². The maximum atomic E-state index is 12.4. The molecule has 0 atom stereocenters. The van der Waals surface area contributed by atoms with Gasteiger partial charge in [0.2, 0.25) is 0 Å². The minimum atomic E-state index is -4.18. The van der Waals surface area contributed by atoms with Gasteiger partial charge in [-0.05, 0) is 26.0 Å². The highest BCUT2D eigenvalue weighted by atomic mass is 32.2. The molecule has 0 saturated heterocycles. The number of para-hydroxylation sites is 2. The molecule has 0 fully saturated rings. The van der Waals surface area contributed by atoms with Crippen molar-refractivity contribution in [3.8, 4) is 5.75 Å². The third-order valence-corrected chi connectivity index (χ3v) is 4.29. The molecular formula is C13H15N3O5S. The zero-order valence-electron chi connectivity index (χ0n) is 12.0. The van der Waals surface area contributed by atoms with Crippen LogP contribution in [0.4, 0.5) is 5.69 Å². The molecule has 0 amide bonds. The number of aromatic amines is 2. The summed E-state index contributed by atoms with van der Waals surface area (Å²) in [6.07, 6.45) is 0. The van der Waals surface area contributed by atoms with Gasteiger partial charge in [0.05, 0.1) is 12.3 Å². The Morgan fingerprint density at radius 2 is 1.86 bits per heavy atom. The molecule has 0 aliphatic heterocycles. The Hall–Kier alpha value is -2.55. The Kier molecular flexibility index (Phi) is 4.36. The molecule has 9 heteroatoms. The van der Waals surface area contributed by atoms with Crippen molar-refractivity contribution >= 4 is 15.7 Å². The van der Waals surface area contributed by atoms with E-state index in [1.807, 2.05) is 4.98 Å². The van der Waals surface area contributed by atoms with Crippen molar-refractivity contribution in [3.05, 3.63) is 50.8 Å². The van der Waals surface area contributed by atoms with E-state index in [1.54, 1.807) is 25.1 Å². The molecule has 8 nitrogen and oxygen atoms in total. The van der Waals surface area contributed by atoms with Crippen LogP contribution < -0.4 is 20.7 Å². The van der Waals surface area contributed by atoms with Gasteiger partial charge >= 0.3 is 5.69 Å². The van der Waals surface area contributed by atoms with Gasteiger partial charge in [-0.2, -0.15) is 0 Å². The Labute approximate surface area is 126 Å². The maximum absolute atomic E-state index is 12.4. The largest absolute Gasteiger partial charge is 0.492 e. The lowest BCUT2D eigenvalue weighted by Gasteiger charge is -2.13. The van der Waals surface area contributed by atoms with Crippen LogP contribution >= 0.6 is 0 Å². The Morgan fingerprint density at radius 3 is 2.50 bits per heavy atom. The van der Waals surface area contributed by atoms with Gasteiger partial charge in [-0.1, -0.05) is 12.1 Å². The number of rotatable bonds is 5. The van der Waals surface area contributed by atoms with Gasteiger partial charge in [0.25, 0.3) is 15.6 Å². The van der Waals surface area contributed by atoms with Crippen molar-refractivity contribution in [1.82, 2.24) is 9.97 Å². The van der Waals surface area contributed by atoms with Crippen LogP contribution in [0.3, 0.4) is 0 Å². The van der Waals surface area contributed by atoms with E-state index in [0.29, 0.717) is 12.4 Å². The number of nitrogens with one attached hydrogen (secondary N) is 3. The van der Waals surface area contributed by atoms with Gasteiger partial charge in [-0.25, -0.2) is 13.2 Å². The minimum absolute atomic E-state index is 0.0462. The zero-order valence-corrected chi connectivity index (χ0v) is 12.8. The molecule has 3 N–H and O–H groups in total. The van der Waals surface area contributed by atoms with E-state index >= 15 is 0 Å². The molecule has 0 spiro atoms. The van der Waals surface area contributed by atoms with E-state index < -0.39 is 26.2 Å². The van der Waals surface area contributed by atoms with Crippen molar-refractivity contribution in [3.63, 3.8) is 0 Å². The number of hydrogen-bond donors (Lipinski definition) is 3. The number of aromatic nitrogens is 2. The number of hydrogen-bond acceptors (Lipinski definition) is 5. The molecule has 118 valence electrons. The van der Waals surface area contributed by atoms with Crippen LogP contribution in [0.25, 0.3) is 0 Å². The fraction of sp³-hybridized carbons (Fsp3) is 0.231. The number of sulfonamides is 1. The Bertz CT molecular complexity index is 898. The second kappa shape index (κ2) is 6.06. The van der Waals surface area contributed by atoms with Crippen molar-refractivity contribution in [2.45, 2.75) is 18.7 Å². The van der Waals surface area contributed by atoms with Gasteiger partial charge in [0.1, 0.15) is 5.75 Å². The summed E-state index contributed by atoms with van der Waals surface area (Å²) in [6, 6.07) is 6.44. The van der Waals surface area contributed by atoms with Crippen LogP contribution in [0.1, 0.15) is 12.6 Å². The predicted molar refractivity (Wildman–Crippen MR) is 80.8 cm³/mol. The molecule has 0 radical (unpaired) electrons. The molecule has 2 aromatic rings. The van der Waals surface area contributed by atoms with Crippen LogP contribution in [0, 0.1) is 6.92 Å². The molecule has 0 aliphatic rings. The highest BCUT2D eigenvalue weighted by Crippen LogP contribution is 2.26. The SMILES string of the molecule is CCOc1ccccc1NS(=O)(=O)c1c(C)[nH]c(=O)[nH]c1=O. The van der Waals surface area contributed by atoms with Gasteiger partial charge in [0, 0.05) is 5.69 Å². The van der Waals surface area contributed by atoms with Crippen molar-refractivity contribution < 1.29 is 13.2 Å². The molecular weight excluding hydrogens is 310 g/mol. The summed E-state index contributed by atoms with van der Waals surface area (Å²) >= 11 is 0. The van der Waals surface area contributed by atoms with E-state index in [-0.39, 0.29) is 11.4 Å². The number of aryl methyl sites for hydroxylation is 1. The van der Waals surface area contributed by atoms with Gasteiger partial charge in [-0.3, -0.25) is 14.5 Å². The quantitative estimate of drug-likeness (QED) is 0.742. The van der Waals surface area contributed by atoms with Crippen molar-refractivity contribution in [2.75, 3.05) is 11.3 Å². The molecule has 22 heavy (non-hydrogen) atoms. The molecule has 0 aliphatic carbocycles. The lowest BCUT2D eigenvalue weighted by molar-refractivity contribution is 0.342. The second-order valence-corrected chi connectivity index (χ2v) is 6.02. The molecule has 1 heterocycles. The first-order chi connectivity index (χ1) is 10.3. The molecule has 0 saturated carbocycles. The normalized spacial score (nSPS) is 11.2. The minimum Gasteiger partial charge on any atom is -0.492 e. The van der Waals surface area contributed by atoms with Crippen LogP contribution in [-0.4, -0.2) is 25.0 Å². The molecule has 2 rings (SSSR count). The zero-order chi connectivity index (χ0) is 16.3. The Morgan fingerprint density at radius 1 is 1.18 bits per heavy atom. The first-order valence-corrected chi connectivity index (χ1v) is 7.91. The Balaban J connectivity index is 2.50. The fourth-order valence-electron chi connectivity index (χ4n) is 1.94. The van der Waals surface area contributed by atoms with Crippen LogP contribution in [0.2, 0.25) is 0 Å². The highest BCUT2D eigenvalue weighted by Gasteiger charge is 2.23. The summed E-state index contributed by atoms with van der Waals surface area (Å²) in [4.78, 5) is 26.5.